The van der Waals surface area contributed by atoms with Gasteiger partial charge in [0.05, 0.1) is 0 Å². The van der Waals surface area contributed by atoms with Gasteiger partial charge in [0.2, 0.25) is 0 Å². The third-order valence-electron chi connectivity index (χ3n) is 2.68. The highest BCUT2D eigenvalue weighted by atomic mass is 14.7. The van der Waals surface area contributed by atoms with Crippen molar-refractivity contribution in [2.45, 2.75) is 39.7 Å². The fraction of sp³-hybridized carbons (Fsp3) is 0.583. The fourth-order valence-corrected chi connectivity index (χ4v) is 1.64. The number of hydrogen-bond donors (Lipinski definition) is 1. The van der Waals surface area contributed by atoms with Gasteiger partial charge in [-0.3, -0.25) is 4.98 Å². The van der Waals surface area contributed by atoms with E-state index in [2.05, 4.69) is 24.9 Å². The average Bonchev–Trinajstić information content (AvgIpc) is 2.18. The van der Waals surface area contributed by atoms with Gasteiger partial charge in [0.1, 0.15) is 0 Å². The molecule has 0 aromatic carbocycles. The van der Waals surface area contributed by atoms with Gasteiger partial charge >= 0.3 is 0 Å². The molecular weight excluding hydrogens is 172 g/mol. The van der Waals surface area contributed by atoms with Crippen molar-refractivity contribution >= 4 is 0 Å². The Morgan fingerprint density at radius 3 is 2.64 bits per heavy atom. The van der Waals surface area contributed by atoms with Gasteiger partial charge in [-0.25, -0.2) is 0 Å². The van der Waals surface area contributed by atoms with E-state index in [4.69, 9.17) is 5.73 Å². The molecule has 14 heavy (non-hydrogen) atoms. The zero-order valence-corrected chi connectivity index (χ0v) is 9.33. The van der Waals surface area contributed by atoms with Crippen LogP contribution >= 0.6 is 0 Å². The van der Waals surface area contributed by atoms with Crippen molar-refractivity contribution < 1.29 is 0 Å². The Morgan fingerprint density at radius 2 is 2.14 bits per heavy atom. The summed E-state index contributed by atoms with van der Waals surface area (Å²) in [5.74, 6) is 0.532. The Hall–Kier alpha value is -0.890. The van der Waals surface area contributed by atoms with Gasteiger partial charge in [-0.2, -0.15) is 0 Å². The minimum absolute atomic E-state index is 0.128. The summed E-state index contributed by atoms with van der Waals surface area (Å²) in [5.41, 5.74) is 8.33. The first-order valence-corrected chi connectivity index (χ1v) is 5.33. The molecule has 2 nitrogen and oxygen atoms in total. The molecule has 0 saturated carbocycles. The van der Waals surface area contributed by atoms with Gasteiger partial charge in [-0.15, -0.1) is 0 Å². The molecule has 0 spiro atoms. The molecule has 0 amide bonds. The molecule has 2 atom stereocenters. The lowest BCUT2D eigenvalue weighted by atomic mass is 9.93. The van der Waals surface area contributed by atoms with Crippen molar-refractivity contribution in [3.05, 3.63) is 29.6 Å². The lowest BCUT2D eigenvalue weighted by Gasteiger charge is -2.19. The maximum absolute atomic E-state index is 6.13. The number of nitrogens with zero attached hydrogens (tertiary/aromatic N) is 1. The highest BCUT2D eigenvalue weighted by Gasteiger charge is 2.13. The van der Waals surface area contributed by atoms with E-state index >= 15 is 0 Å². The van der Waals surface area contributed by atoms with E-state index in [1.54, 1.807) is 0 Å². The minimum atomic E-state index is 0.128. The monoisotopic (exact) mass is 192 g/mol. The molecular formula is C12H20N2. The van der Waals surface area contributed by atoms with Crippen LogP contribution in [-0.4, -0.2) is 4.98 Å². The molecule has 0 saturated heterocycles. The van der Waals surface area contributed by atoms with Gasteiger partial charge in [-0.05, 0) is 30.9 Å². The summed E-state index contributed by atoms with van der Waals surface area (Å²) in [6.45, 7) is 6.38. The van der Waals surface area contributed by atoms with Crippen LogP contribution in [0.15, 0.2) is 18.3 Å². The van der Waals surface area contributed by atoms with Crippen LogP contribution < -0.4 is 5.73 Å². The summed E-state index contributed by atoms with van der Waals surface area (Å²) in [6, 6.07) is 4.23. The quantitative estimate of drug-likeness (QED) is 0.796. The molecule has 0 aliphatic rings. The molecule has 0 aliphatic heterocycles. The lowest BCUT2D eigenvalue weighted by Crippen LogP contribution is -2.19. The summed E-state index contributed by atoms with van der Waals surface area (Å²) in [6.07, 6.45) is 4.26. The Labute approximate surface area is 86.5 Å². The zero-order chi connectivity index (χ0) is 10.6. The topological polar surface area (TPSA) is 38.9 Å². The normalized spacial score (nSPS) is 15.1. The molecule has 1 aromatic rings. The average molecular weight is 192 g/mol. The molecule has 0 aliphatic carbocycles. The van der Waals surface area contributed by atoms with Crippen LogP contribution in [0.5, 0.6) is 0 Å². The third kappa shape index (κ3) is 2.81. The Bertz CT molecular complexity index is 266. The number of hydrogen-bond acceptors (Lipinski definition) is 2. The summed E-state index contributed by atoms with van der Waals surface area (Å²) < 4.78 is 0. The van der Waals surface area contributed by atoms with E-state index in [9.17, 15) is 0 Å². The predicted octanol–water partition coefficient (Wildman–Crippen LogP) is 2.83. The first kappa shape index (κ1) is 11.2. The van der Waals surface area contributed by atoms with Gasteiger partial charge in [0, 0.05) is 17.9 Å². The summed E-state index contributed by atoms with van der Waals surface area (Å²) in [4.78, 5) is 4.26. The zero-order valence-electron chi connectivity index (χ0n) is 9.33. The number of rotatable bonds is 4. The van der Waals surface area contributed by atoms with Crippen LogP contribution in [0.25, 0.3) is 0 Å². The Kier molecular flexibility index (Phi) is 4.08. The standard InChI is InChI=1S/C12H20N2/c1-4-5-9(2)12(13)11-7-6-10(3)14-8-11/h6-9,12H,4-5,13H2,1-3H3. The predicted molar refractivity (Wildman–Crippen MR) is 60.0 cm³/mol. The van der Waals surface area contributed by atoms with Crippen molar-refractivity contribution in [3.8, 4) is 0 Å². The van der Waals surface area contributed by atoms with Crippen molar-refractivity contribution in [3.63, 3.8) is 0 Å². The molecule has 0 radical (unpaired) electrons. The molecule has 78 valence electrons. The number of aryl methyl sites for hydroxylation is 1. The Balaban J connectivity index is 2.68. The van der Waals surface area contributed by atoms with Crippen molar-refractivity contribution in [2.75, 3.05) is 0 Å². The van der Waals surface area contributed by atoms with Crippen LogP contribution in [-0.2, 0) is 0 Å². The first-order valence-electron chi connectivity index (χ1n) is 5.33. The van der Waals surface area contributed by atoms with E-state index in [0.717, 1.165) is 11.3 Å². The van der Waals surface area contributed by atoms with E-state index in [1.807, 2.05) is 19.2 Å². The molecule has 2 unspecified atom stereocenters. The number of pyridine rings is 1. The molecule has 2 N–H and O–H groups in total. The maximum Gasteiger partial charge on any atom is 0.0372 e. The molecule has 1 heterocycles. The summed E-state index contributed by atoms with van der Waals surface area (Å²) >= 11 is 0. The minimum Gasteiger partial charge on any atom is -0.324 e. The van der Waals surface area contributed by atoms with Crippen LogP contribution in [0.2, 0.25) is 0 Å². The fourth-order valence-electron chi connectivity index (χ4n) is 1.64. The number of nitrogens with two attached hydrogens (primary N) is 1. The first-order chi connectivity index (χ1) is 6.65. The van der Waals surface area contributed by atoms with E-state index in [0.29, 0.717) is 5.92 Å². The van der Waals surface area contributed by atoms with Gasteiger partial charge < -0.3 is 5.73 Å². The van der Waals surface area contributed by atoms with Crippen LogP contribution in [0.1, 0.15) is 44.0 Å². The van der Waals surface area contributed by atoms with Crippen molar-refractivity contribution in [1.82, 2.24) is 4.98 Å². The summed E-state index contributed by atoms with van der Waals surface area (Å²) in [5, 5.41) is 0. The second kappa shape index (κ2) is 5.11. The van der Waals surface area contributed by atoms with E-state index in [1.165, 1.54) is 12.8 Å². The molecule has 0 fully saturated rings. The van der Waals surface area contributed by atoms with Gasteiger partial charge in [0.25, 0.3) is 0 Å². The SMILES string of the molecule is CCCC(C)C(N)c1ccc(C)nc1. The maximum atomic E-state index is 6.13. The molecule has 2 heteroatoms. The van der Waals surface area contributed by atoms with Crippen molar-refractivity contribution in [2.24, 2.45) is 11.7 Å². The highest BCUT2D eigenvalue weighted by Crippen LogP contribution is 2.22. The smallest absolute Gasteiger partial charge is 0.0372 e. The summed E-state index contributed by atoms with van der Waals surface area (Å²) in [7, 11) is 0. The Morgan fingerprint density at radius 1 is 1.43 bits per heavy atom. The third-order valence-corrected chi connectivity index (χ3v) is 2.68. The number of aromatic nitrogens is 1. The van der Waals surface area contributed by atoms with E-state index in [-0.39, 0.29) is 6.04 Å². The van der Waals surface area contributed by atoms with Crippen LogP contribution in [0.4, 0.5) is 0 Å². The second-order valence-corrected chi connectivity index (χ2v) is 4.02. The largest absolute Gasteiger partial charge is 0.324 e. The molecule has 1 rings (SSSR count). The molecule has 0 bridgehead atoms. The van der Waals surface area contributed by atoms with Crippen LogP contribution in [0.3, 0.4) is 0 Å². The van der Waals surface area contributed by atoms with Crippen LogP contribution in [0, 0.1) is 12.8 Å². The van der Waals surface area contributed by atoms with Gasteiger partial charge in [0.15, 0.2) is 0 Å². The van der Waals surface area contributed by atoms with Crippen molar-refractivity contribution in [1.29, 1.82) is 0 Å². The van der Waals surface area contributed by atoms with E-state index < -0.39 is 0 Å². The van der Waals surface area contributed by atoms with Gasteiger partial charge in [-0.1, -0.05) is 26.3 Å². The highest BCUT2D eigenvalue weighted by molar-refractivity contribution is 5.17. The molecule has 1 aromatic heterocycles. The lowest BCUT2D eigenvalue weighted by molar-refractivity contribution is 0.433. The second-order valence-electron chi connectivity index (χ2n) is 4.02.